The van der Waals surface area contributed by atoms with Crippen molar-refractivity contribution in [1.82, 2.24) is 9.29 Å². The number of aryl methyl sites for hydroxylation is 3. The van der Waals surface area contributed by atoms with Crippen molar-refractivity contribution in [3.8, 4) is 0 Å². The zero-order valence-electron chi connectivity index (χ0n) is 15.6. The number of rotatable bonds is 7. The predicted molar refractivity (Wildman–Crippen MR) is 102 cm³/mol. The van der Waals surface area contributed by atoms with E-state index in [0.29, 0.717) is 11.3 Å². The van der Waals surface area contributed by atoms with Crippen LogP contribution < -0.4 is 0 Å². The Morgan fingerprint density at radius 1 is 1.15 bits per heavy atom. The maximum Gasteiger partial charge on any atom is 0.244 e. The summed E-state index contributed by atoms with van der Waals surface area (Å²) in [5.41, 5.74) is 2.99. The molecular weight excluding hydrogens is 348 g/mol. The topological polar surface area (TPSA) is 67.3 Å². The molecule has 0 spiro atoms. The molecule has 0 saturated carbocycles. The number of Topliss-reactive ketones (excluding diaryl/α,β-unsaturated/α-hetero) is 1. The molecule has 2 rings (SSSR count). The minimum atomic E-state index is -3.89. The van der Waals surface area contributed by atoms with Gasteiger partial charge in [-0.05, 0) is 51.5 Å². The normalized spacial score (nSPS) is 12.8. The van der Waals surface area contributed by atoms with Gasteiger partial charge in [0.15, 0.2) is 5.78 Å². The second-order valence-electron chi connectivity index (χ2n) is 6.32. The first kappa shape index (κ1) is 20.0. The molecular formula is C20H24N2O3S. The van der Waals surface area contributed by atoms with Gasteiger partial charge in [-0.2, -0.15) is 4.31 Å². The number of pyridine rings is 1. The Morgan fingerprint density at radius 3 is 2.27 bits per heavy atom. The zero-order chi connectivity index (χ0) is 19.5. The lowest BCUT2D eigenvalue weighted by Gasteiger charge is -2.29. The molecule has 0 saturated heterocycles. The van der Waals surface area contributed by atoms with Crippen molar-refractivity contribution in [2.75, 3.05) is 6.54 Å². The van der Waals surface area contributed by atoms with E-state index < -0.39 is 16.1 Å². The van der Waals surface area contributed by atoms with E-state index in [2.05, 4.69) is 11.6 Å². The van der Waals surface area contributed by atoms with Gasteiger partial charge < -0.3 is 0 Å². The van der Waals surface area contributed by atoms with Gasteiger partial charge in [0.05, 0.1) is 4.90 Å². The first-order chi connectivity index (χ1) is 12.2. The van der Waals surface area contributed by atoms with E-state index in [1.165, 1.54) is 17.3 Å². The lowest BCUT2D eigenvalue weighted by atomic mass is 10.0. The van der Waals surface area contributed by atoms with E-state index in [1.54, 1.807) is 43.3 Å². The van der Waals surface area contributed by atoms with Crippen LogP contribution in [0.2, 0.25) is 0 Å². The van der Waals surface area contributed by atoms with Crippen LogP contribution in [-0.4, -0.2) is 30.0 Å². The van der Waals surface area contributed by atoms with E-state index >= 15 is 0 Å². The van der Waals surface area contributed by atoms with Gasteiger partial charge in [0, 0.05) is 17.9 Å². The summed E-state index contributed by atoms with van der Waals surface area (Å²) in [4.78, 5) is 17.0. The van der Waals surface area contributed by atoms with Crippen LogP contribution in [0.15, 0.2) is 53.9 Å². The molecule has 0 amide bonds. The molecule has 1 unspecified atom stereocenters. The molecule has 5 nitrogen and oxygen atoms in total. The number of benzene rings is 1. The summed E-state index contributed by atoms with van der Waals surface area (Å²) in [7, 11) is -3.89. The summed E-state index contributed by atoms with van der Waals surface area (Å²) < 4.78 is 27.7. The van der Waals surface area contributed by atoms with Gasteiger partial charge in [-0.15, -0.1) is 6.58 Å². The molecule has 1 heterocycles. The molecule has 0 aliphatic heterocycles. The van der Waals surface area contributed by atoms with Gasteiger partial charge in [-0.25, -0.2) is 8.42 Å². The van der Waals surface area contributed by atoms with Gasteiger partial charge in [-0.1, -0.05) is 29.8 Å². The lowest BCUT2D eigenvalue weighted by molar-refractivity contribution is -0.120. The molecule has 1 atom stereocenters. The van der Waals surface area contributed by atoms with E-state index in [4.69, 9.17) is 0 Å². The van der Waals surface area contributed by atoms with E-state index in [1.807, 2.05) is 13.8 Å². The van der Waals surface area contributed by atoms with Gasteiger partial charge in [0.1, 0.15) is 6.04 Å². The maximum atomic E-state index is 13.2. The first-order valence-corrected chi connectivity index (χ1v) is 9.76. The molecule has 1 aromatic carbocycles. The third-order valence-corrected chi connectivity index (χ3v) is 6.02. The van der Waals surface area contributed by atoms with Crippen LogP contribution in [0, 0.1) is 20.8 Å². The Balaban J connectivity index is 2.62. The highest BCUT2D eigenvalue weighted by atomic mass is 32.2. The minimum absolute atomic E-state index is 0.0216. The molecule has 138 valence electrons. The average Bonchev–Trinajstić information content (AvgIpc) is 2.56. The highest BCUT2D eigenvalue weighted by Crippen LogP contribution is 2.30. The Labute approximate surface area is 155 Å². The summed E-state index contributed by atoms with van der Waals surface area (Å²) in [6, 6.07) is 9.18. The van der Waals surface area contributed by atoms with Gasteiger partial charge in [0.25, 0.3) is 0 Å². The van der Waals surface area contributed by atoms with Crippen LogP contribution >= 0.6 is 0 Å². The highest BCUT2D eigenvalue weighted by Gasteiger charge is 2.35. The number of nitrogens with zero attached hydrogens (tertiary/aromatic N) is 2. The molecule has 1 aromatic heterocycles. The Morgan fingerprint density at radius 2 is 1.77 bits per heavy atom. The molecule has 6 heteroatoms. The molecule has 0 fully saturated rings. The third kappa shape index (κ3) is 4.08. The van der Waals surface area contributed by atoms with Crippen molar-refractivity contribution in [2.45, 2.75) is 38.6 Å². The van der Waals surface area contributed by atoms with Crippen molar-refractivity contribution in [3.63, 3.8) is 0 Å². The predicted octanol–water partition coefficient (Wildman–Crippen LogP) is 3.51. The van der Waals surface area contributed by atoms with Crippen LogP contribution in [-0.2, 0) is 14.8 Å². The molecule has 0 aliphatic rings. The quantitative estimate of drug-likeness (QED) is 0.698. The molecule has 0 radical (unpaired) electrons. The Kier molecular flexibility index (Phi) is 6.10. The number of hydrogen-bond donors (Lipinski definition) is 0. The molecule has 26 heavy (non-hydrogen) atoms. The zero-order valence-corrected chi connectivity index (χ0v) is 16.4. The summed E-state index contributed by atoms with van der Waals surface area (Å²) in [6.07, 6.45) is 1.48. The van der Waals surface area contributed by atoms with E-state index in [0.717, 1.165) is 11.3 Å². The van der Waals surface area contributed by atoms with Crippen molar-refractivity contribution in [3.05, 3.63) is 71.6 Å². The van der Waals surface area contributed by atoms with E-state index in [-0.39, 0.29) is 17.2 Å². The number of ketones is 1. The van der Waals surface area contributed by atoms with Crippen LogP contribution in [0.25, 0.3) is 0 Å². The maximum absolute atomic E-state index is 13.2. The molecule has 2 aromatic rings. The summed E-state index contributed by atoms with van der Waals surface area (Å²) in [5, 5.41) is 0. The highest BCUT2D eigenvalue weighted by molar-refractivity contribution is 7.89. The number of carbonyl (C=O) groups excluding carboxylic acids is 1. The molecule has 0 aliphatic carbocycles. The summed E-state index contributed by atoms with van der Waals surface area (Å²) in [5.74, 6) is -0.267. The third-order valence-electron chi connectivity index (χ3n) is 4.17. The average molecular weight is 372 g/mol. The fraction of sp³-hybridized carbons (Fsp3) is 0.300. The van der Waals surface area contributed by atoms with Crippen molar-refractivity contribution < 1.29 is 13.2 Å². The largest absolute Gasteiger partial charge is 0.298 e. The van der Waals surface area contributed by atoms with E-state index in [9.17, 15) is 13.2 Å². The van der Waals surface area contributed by atoms with Crippen molar-refractivity contribution in [2.24, 2.45) is 0 Å². The smallest absolute Gasteiger partial charge is 0.244 e. The summed E-state index contributed by atoms with van der Waals surface area (Å²) in [6.45, 7) is 10.6. The SMILES string of the molecule is C=CCN(C(C(C)=O)c1ccc(C)nc1C)S(=O)(=O)c1ccc(C)cc1. The summed E-state index contributed by atoms with van der Waals surface area (Å²) >= 11 is 0. The fourth-order valence-electron chi connectivity index (χ4n) is 2.88. The standard InChI is InChI=1S/C20H24N2O3S/c1-6-13-22(26(24,25)18-10-7-14(2)8-11-18)20(17(5)23)19-12-9-15(3)21-16(19)4/h6-12,20H,1,13H2,2-5H3. The van der Waals surface area contributed by atoms with Gasteiger partial charge in [-0.3, -0.25) is 9.78 Å². The van der Waals surface area contributed by atoms with Crippen molar-refractivity contribution in [1.29, 1.82) is 0 Å². The minimum Gasteiger partial charge on any atom is -0.298 e. The van der Waals surface area contributed by atoms with Gasteiger partial charge in [0.2, 0.25) is 10.0 Å². The number of hydrogen-bond acceptors (Lipinski definition) is 4. The van der Waals surface area contributed by atoms with Crippen LogP contribution in [0.3, 0.4) is 0 Å². The number of sulfonamides is 1. The second-order valence-corrected chi connectivity index (χ2v) is 8.21. The molecule has 0 bridgehead atoms. The first-order valence-electron chi connectivity index (χ1n) is 8.32. The Bertz CT molecular complexity index is 919. The number of carbonyl (C=O) groups is 1. The fourth-order valence-corrected chi connectivity index (χ4v) is 4.47. The van der Waals surface area contributed by atoms with Crippen molar-refractivity contribution >= 4 is 15.8 Å². The Hall–Kier alpha value is -2.31. The van der Waals surface area contributed by atoms with Crippen LogP contribution in [0.5, 0.6) is 0 Å². The number of aromatic nitrogens is 1. The van der Waals surface area contributed by atoms with Crippen LogP contribution in [0.4, 0.5) is 0 Å². The molecule has 0 N–H and O–H groups in total. The van der Waals surface area contributed by atoms with Crippen LogP contribution in [0.1, 0.15) is 35.5 Å². The monoisotopic (exact) mass is 372 g/mol. The second kappa shape index (κ2) is 7.93. The lowest BCUT2D eigenvalue weighted by Crippen LogP contribution is -2.39. The van der Waals surface area contributed by atoms with Gasteiger partial charge >= 0.3 is 0 Å².